The molecule has 2 rings (SSSR count). The lowest BCUT2D eigenvalue weighted by molar-refractivity contribution is 0.276. The van der Waals surface area contributed by atoms with Gasteiger partial charge in [0.2, 0.25) is 0 Å². The van der Waals surface area contributed by atoms with Crippen molar-refractivity contribution < 1.29 is 5.11 Å². The number of rotatable bonds is 4. The van der Waals surface area contributed by atoms with Gasteiger partial charge in [0.1, 0.15) is 5.82 Å². The minimum absolute atomic E-state index is 0.00865. The lowest BCUT2D eigenvalue weighted by Gasteiger charge is -2.24. The summed E-state index contributed by atoms with van der Waals surface area (Å²) in [5, 5.41) is 9.61. The van der Waals surface area contributed by atoms with E-state index in [2.05, 4.69) is 35.6 Å². The van der Waals surface area contributed by atoms with Crippen LogP contribution in [-0.2, 0) is 6.61 Å². The Bertz CT molecular complexity index is 434. The molecule has 0 spiro atoms. The van der Waals surface area contributed by atoms with Crippen LogP contribution in [0.1, 0.15) is 63.9 Å². The minimum Gasteiger partial charge on any atom is -0.390 e. The first kappa shape index (κ1) is 15.2. The second kappa shape index (κ2) is 7.02. The number of aliphatic hydroxyl groups excluding tert-OH is 1. The Morgan fingerprint density at radius 1 is 1.35 bits per heavy atom. The molecule has 4 heteroatoms. The number of aromatic nitrogens is 2. The second-order valence-corrected chi connectivity index (χ2v) is 6.07. The number of anilines is 1. The van der Waals surface area contributed by atoms with Gasteiger partial charge in [0.05, 0.1) is 24.2 Å². The highest BCUT2D eigenvalue weighted by molar-refractivity contribution is 5.49. The van der Waals surface area contributed by atoms with E-state index in [-0.39, 0.29) is 6.61 Å². The maximum Gasteiger partial charge on any atom is 0.131 e. The van der Waals surface area contributed by atoms with E-state index >= 15 is 0 Å². The van der Waals surface area contributed by atoms with Gasteiger partial charge in [0, 0.05) is 19.0 Å². The molecule has 1 unspecified atom stereocenters. The molecule has 2 heterocycles. The van der Waals surface area contributed by atoms with Crippen LogP contribution in [0.4, 0.5) is 5.69 Å². The molecule has 1 aliphatic rings. The summed E-state index contributed by atoms with van der Waals surface area (Å²) >= 11 is 0. The molecule has 0 radical (unpaired) electrons. The van der Waals surface area contributed by atoms with Gasteiger partial charge in [-0.25, -0.2) is 9.97 Å². The van der Waals surface area contributed by atoms with Crippen molar-refractivity contribution in [3.05, 3.63) is 17.7 Å². The monoisotopic (exact) mass is 277 g/mol. The predicted molar refractivity (Wildman–Crippen MR) is 81.9 cm³/mol. The highest BCUT2D eigenvalue weighted by atomic mass is 16.3. The Labute approximate surface area is 122 Å². The zero-order valence-corrected chi connectivity index (χ0v) is 13.0. The quantitative estimate of drug-likeness (QED) is 0.918. The first-order chi connectivity index (χ1) is 9.65. The molecule has 1 aromatic rings. The largest absolute Gasteiger partial charge is 0.390 e. The Kier molecular flexibility index (Phi) is 5.35. The molecule has 112 valence electrons. The van der Waals surface area contributed by atoms with Crippen LogP contribution < -0.4 is 4.90 Å². The molecule has 4 nitrogen and oxygen atoms in total. The van der Waals surface area contributed by atoms with Crippen molar-refractivity contribution in [3.63, 3.8) is 0 Å². The molecule has 1 N–H and O–H groups in total. The van der Waals surface area contributed by atoms with Crippen molar-refractivity contribution >= 4 is 5.69 Å². The Morgan fingerprint density at radius 2 is 2.15 bits per heavy atom. The van der Waals surface area contributed by atoms with Crippen molar-refractivity contribution in [2.24, 2.45) is 5.92 Å². The molecule has 0 aliphatic carbocycles. The van der Waals surface area contributed by atoms with Gasteiger partial charge in [0.15, 0.2) is 0 Å². The smallest absolute Gasteiger partial charge is 0.131 e. The fraction of sp³-hybridized carbons (Fsp3) is 0.750. The average molecular weight is 277 g/mol. The number of hydrogen-bond donors (Lipinski definition) is 1. The molecule has 0 saturated carbocycles. The predicted octanol–water partition coefficient (Wildman–Crippen LogP) is 3.11. The van der Waals surface area contributed by atoms with Crippen molar-refractivity contribution in [1.29, 1.82) is 0 Å². The fourth-order valence-electron chi connectivity index (χ4n) is 2.90. The Balaban J connectivity index is 2.19. The molecule has 1 aromatic heterocycles. The first-order valence-electron chi connectivity index (χ1n) is 7.87. The summed E-state index contributed by atoms with van der Waals surface area (Å²) in [5.41, 5.74) is 1.80. The topological polar surface area (TPSA) is 49.2 Å². The summed E-state index contributed by atoms with van der Waals surface area (Å²) in [4.78, 5) is 11.4. The van der Waals surface area contributed by atoms with Crippen molar-refractivity contribution in [2.75, 3.05) is 18.0 Å². The van der Waals surface area contributed by atoms with Crippen LogP contribution in [0.5, 0.6) is 0 Å². The SMILES string of the molecule is CCC1CCCN(c2cnc(C(C)C)nc2CO)CC1. The molecule has 0 aromatic carbocycles. The summed E-state index contributed by atoms with van der Waals surface area (Å²) in [6.45, 7) is 8.52. The van der Waals surface area contributed by atoms with Crippen LogP contribution in [0.15, 0.2) is 6.20 Å². The summed E-state index contributed by atoms with van der Waals surface area (Å²) in [6, 6.07) is 0. The third kappa shape index (κ3) is 3.48. The molecular weight excluding hydrogens is 250 g/mol. The van der Waals surface area contributed by atoms with Gasteiger partial charge in [0.25, 0.3) is 0 Å². The average Bonchev–Trinajstić information content (AvgIpc) is 2.71. The highest BCUT2D eigenvalue weighted by Gasteiger charge is 2.19. The summed E-state index contributed by atoms with van der Waals surface area (Å²) in [5.74, 6) is 1.95. The Hall–Kier alpha value is -1.16. The maximum atomic E-state index is 9.61. The standard InChI is InChI=1S/C16H27N3O/c1-4-13-6-5-8-19(9-7-13)15-10-17-16(12(2)3)18-14(15)11-20/h10,12-13,20H,4-9,11H2,1-3H3. The molecule has 0 amide bonds. The van der Waals surface area contributed by atoms with Crippen LogP contribution in [0, 0.1) is 5.92 Å². The van der Waals surface area contributed by atoms with Gasteiger partial charge in [-0.1, -0.05) is 27.2 Å². The lowest BCUT2D eigenvalue weighted by Crippen LogP contribution is -2.26. The highest BCUT2D eigenvalue weighted by Crippen LogP contribution is 2.26. The van der Waals surface area contributed by atoms with E-state index in [0.29, 0.717) is 5.92 Å². The molecule has 1 saturated heterocycles. The van der Waals surface area contributed by atoms with Crippen LogP contribution in [-0.4, -0.2) is 28.2 Å². The third-order valence-electron chi connectivity index (χ3n) is 4.30. The summed E-state index contributed by atoms with van der Waals surface area (Å²) in [7, 11) is 0. The minimum atomic E-state index is -0.00865. The molecule has 20 heavy (non-hydrogen) atoms. The van der Waals surface area contributed by atoms with E-state index in [9.17, 15) is 5.11 Å². The van der Waals surface area contributed by atoms with Crippen LogP contribution >= 0.6 is 0 Å². The van der Waals surface area contributed by atoms with Gasteiger partial charge in [-0.2, -0.15) is 0 Å². The van der Waals surface area contributed by atoms with Gasteiger partial charge in [-0.15, -0.1) is 0 Å². The Morgan fingerprint density at radius 3 is 2.80 bits per heavy atom. The molecule has 1 atom stereocenters. The van der Waals surface area contributed by atoms with E-state index in [4.69, 9.17) is 0 Å². The van der Waals surface area contributed by atoms with Crippen LogP contribution in [0.25, 0.3) is 0 Å². The van der Waals surface area contributed by atoms with Gasteiger partial charge in [-0.3, -0.25) is 0 Å². The second-order valence-electron chi connectivity index (χ2n) is 6.07. The van der Waals surface area contributed by atoms with E-state index in [1.807, 2.05) is 6.20 Å². The summed E-state index contributed by atoms with van der Waals surface area (Å²) < 4.78 is 0. The zero-order valence-electron chi connectivity index (χ0n) is 13.0. The van der Waals surface area contributed by atoms with Gasteiger partial charge >= 0.3 is 0 Å². The van der Waals surface area contributed by atoms with Crippen molar-refractivity contribution in [1.82, 2.24) is 9.97 Å². The molecule has 0 bridgehead atoms. The third-order valence-corrected chi connectivity index (χ3v) is 4.30. The number of nitrogens with zero attached hydrogens (tertiary/aromatic N) is 3. The van der Waals surface area contributed by atoms with Crippen LogP contribution in [0.3, 0.4) is 0 Å². The molecule has 1 fully saturated rings. The normalized spacial score (nSPS) is 20.2. The first-order valence-corrected chi connectivity index (χ1v) is 7.87. The van der Waals surface area contributed by atoms with Crippen molar-refractivity contribution in [2.45, 2.75) is 59.0 Å². The van der Waals surface area contributed by atoms with Crippen molar-refractivity contribution in [3.8, 4) is 0 Å². The van der Waals surface area contributed by atoms with Crippen LogP contribution in [0.2, 0.25) is 0 Å². The fourth-order valence-corrected chi connectivity index (χ4v) is 2.90. The number of hydrogen-bond acceptors (Lipinski definition) is 4. The number of aliphatic hydroxyl groups is 1. The van der Waals surface area contributed by atoms with Gasteiger partial charge in [-0.05, 0) is 25.2 Å². The van der Waals surface area contributed by atoms with E-state index in [1.165, 1.54) is 25.7 Å². The summed E-state index contributed by atoms with van der Waals surface area (Å²) in [6.07, 6.45) is 6.93. The van der Waals surface area contributed by atoms with E-state index in [1.54, 1.807) is 0 Å². The molecular formula is C16H27N3O. The zero-order chi connectivity index (χ0) is 14.5. The van der Waals surface area contributed by atoms with E-state index < -0.39 is 0 Å². The lowest BCUT2D eigenvalue weighted by atomic mass is 9.98. The van der Waals surface area contributed by atoms with E-state index in [0.717, 1.165) is 36.2 Å². The molecule has 1 aliphatic heterocycles. The van der Waals surface area contributed by atoms with Gasteiger partial charge < -0.3 is 10.0 Å². The maximum absolute atomic E-state index is 9.61.